The van der Waals surface area contributed by atoms with Crippen LogP contribution in [0, 0.1) is 5.82 Å². The highest BCUT2D eigenvalue weighted by Crippen LogP contribution is 2.25. The molecule has 102 valence electrons. The van der Waals surface area contributed by atoms with Gasteiger partial charge in [-0.05, 0) is 31.0 Å². The summed E-state index contributed by atoms with van der Waals surface area (Å²) in [6, 6.07) is 2.99. The van der Waals surface area contributed by atoms with E-state index in [4.69, 9.17) is 11.6 Å². The van der Waals surface area contributed by atoms with Crippen LogP contribution in [0.4, 0.5) is 4.39 Å². The van der Waals surface area contributed by atoms with Crippen molar-refractivity contribution in [1.29, 1.82) is 0 Å². The van der Waals surface area contributed by atoms with E-state index >= 15 is 0 Å². The monoisotopic (exact) mass is 285 g/mol. The standard InChI is InChI=1S/C13H13ClFNO3/c1-19-13(18)11-3-2-6-16(11)12(17)9-5-4-8(15)7-10(9)14/h4-5,7,11H,2-3,6H2,1H3. The largest absolute Gasteiger partial charge is 0.467 e. The van der Waals surface area contributed by atoms with Crippen molar-refractivity contribution in [3.63, 3.8) is 0 Å². The fourth-order valence-electron chi connectivity index (χ4n) is 2.21. The molecule has 0 saturated carbocycles. The van der Waals surface area contributed by atoms with E-state index in [1.807, 2.05) is 0 Å². The van der Waals surface area contributed by atoms with Crippen LogP contribution in [0.3, 0.4) is 0 Å². The van der Waals surface area contributed by atoms with Crippen LogP contribution >= 0.6 is 11.6 Å². The molecule has 1 aliphatic heterocycles. The Morgan fingerprint density at radius 2 is 2.21 bits per heavy atom. The Kier molecular flexibility index (Phi) is 4.04. The van der Waals surface area contributed by atoms with Crippen molar-refractivity contribution in [2.45, 2.75) is 18.9 Å². The first-order valence-electron chi connectivity index (χ1n) is 5.88. The Morgan fingerprint density at radius 3 is 2.84 bits per heavy atom. The normalized spacial score (nSPS) is 18.5. The fourth-order valence-corrected chi connectivity index (χ4v) is 2.46. The predicted octanol–water partition coefficient (Wildman–Crippen LogP) is 2.26. The number of methoxy groups -OCH3 is 1. The molecule has 6 heteroatoms. The lowest BCUT2D eigenvalue weighted by molar-refractivity contribution is -0.145. The van der Waals surface area contributed by atoms with E-state index in [1.165, 1.54) is 24.1 Å². The minimum atomic E-state index is -0.585. The van der Waals surface area contributed by atoms with E-state index in [-0.39, 0.29) is 16.5 Å². The average molecular weight is 286 g/mol. The summed E-state index contributed by atoms with van der Waals surface area (Å²) in [6.07, 6.45) is 1.29. The van der Waals surface area contributed by atoms with E-state index in [1.54, 1.807) is 0 Å². The van der Waals surface area contributed by atoms with Gasteiger partial charge in [-0.3, -0.25) is 4.79 Å². The first-order chi connectivity index (χ1) is 9.04. The molecule has 1 fully saturated rings. The topological polar surface area (TPSA) is 46.6 Å². The molecule has 0 radical (unpaired) electrons. The Morgan fingerprint density at radius 1 is 1.47 bits per heavy atom. The van der Waals surface area contributed by atoms with Crippen LogP contribution in [-0.4, -0.2) is 36.5 Å². The zero-order chi connectivity index (χ0) is 14.0. The number of benzene rings is 1. The van der Waals surface area contributed by atoms with Gasteiger partial charge in [-0.2, -0.15) is 0 Å². The van der Waals surface area contributed by atoms with Crippen LogP contribution in [0.5, 0.6) is 0 Å². The first-order valence-corrected chi connectivity index (χ1v) is 6.26. The number of ether oxygens (including phenoxy) is 1. The van der Waals surface area contributed by atoms with Gasteiger partial charge in [0.15, 0.2) is 0 Å². The van der Waals surface area contributed by atoms with Gasteiger partial charge in [0.05, 0.1) is 17.7 Å². The molecule has 4 nitrogen and oxygen atoms in total. The minimum absolute atomic E-state index is 0.0421. The molecule has 0 aliphatic carbocycles. The van der Waals surface area contributed by atoms with Gasteiger partial charge in [-0.1, -0.05) is 11.6 Å². The highest BCUT2D eigenvalue weighted by molar-refractivity contribution is 6.33. The summed E-state index contributed by atoms with van der Waals surface area (Å²) in [5, 5.41) is 0.0421. The van der Waals surface area contributed by atoms with Gasteiger partial charge < -0.3 is 9.64 Å². The van der Waals surface area contributed by atoms with Crippen LogP contribution in [0.2, 0.25) is 5.02 Å². The van der Waals surface area contributed by atoms with Crippen LogP contribution in [0.15, 0.2) is 18.2 Å². The molecule has 1 amide bonds. The third kappa shape index (κ3) is 2.71. The summed E-state index contributed by atoms with van der Waals surface area (Å²) in [6.45, 7) is 0.465. The second-order valence-corrected chi connectivity index (χ2v) is 4.71. The number of hydrogen-bond acceptors (Lipinski definition) is 3. The van der Waals surface area contributed by atoms with E-state index in [0.717, 1.165) is 12.5 Å². The highest BCUT2D eigenvalue weighted by atomic mass is 35.5. The molecule has 0 spiro atoms. The lowest BCUT2D eigenvalue weighted by atomic mass is 10.1. The number of carbonyl (C=O) groups is 2. The van der Waals surface area contributed by atoms with Gasteiger partial charge in [0, 0.05) is 6.54 Å². The summed E-state index contributed by atoms with van der Waals surface area (Å²) in [4.78, 5) is 25.3. The number of halogens is 2. The lowest BCUT2D eigenvalue weighted by Crippen LogP contribution is -2.41. The summed E-state index contributed by atoms with van der Waals surface area (Å²) in [5.74, 6) is -1.32. The van der Waals surface area contributed by atoms with Crippen molar-refractivity contribution < 1.29 is 18.7 Å². The van der Waals surface area contributed by atoms with E-state index in [2.05, 4.69) is 4.74 Å². The van der Waals surface area contributed by atoms with Crippen molar-refractivity contribution in [3.05, 3.63) is 34.6 Å². The maximum atomic E-state index is 13.0. The molecule has 1 aromatic rings. The van der Waals surface area contributed by atoms with Gasteiger partial charge in [-0.25, -0.2) is 9.18 Å². The molecule has 1 aliphatic rings. The molecule has 1 unspecified atom stereocenters. The predicted molar refractivity (Wildman–Crippen MR) is 67.5 cm³/mol. The summed E-state index contributed by atoms with van der Waals surface area (Å²) >= 11 is 5.86. The molecule has 19 heavy (non-hydrogen) atoms. The summed E-state index contributed by atoms with van der Waals surface area (Å²) < 4.78 is 17.6. The number of likely N-dealkylation sites (tertiary alicyclic amines) is 1. The maximum Gasteiger partial charge on any atom is 0.328 e. The fraction of sp³-hybridized carbons (Fsp3) is 0.385. The van der Waals surface area contributed by atoms with E-state index in [0.29, 0.717) is 13.0 Å². The minimum Gasteiger partial charge on any atom is -0.467 e. The van der Waals surface area contributed by atoms with Crippen LogP contribution < -0.4 is 0 Å². The van der Waals surface area contributed by atoms with Crippen molar-refractivity contribution in [2.75, 3.05) is 13.7 Å². The van der Waals surface area contributed by atoms with E-state index < -0.39 is 17.8 Å². The number of esters is 1. The quantitative estimate of drug-likeness (QED) is 0.783. The van der Waals surface area contributed by atoms with E-state index in [9.17, 15) is 14.0 Å². The SMILES string of the molecule is COC(=O)C1CCCN1C(=O)c1ccc(F)cc1Cl. The number of rotatable bonds is 2. The third-order valence-electron chi connectivity index (χ3n) is 3.15. The Balaban J connectivity index is 2.25. The maximum absolute atomic E-state index is 13.0. The van der Waals surface area contributed by atoms with Gasteiger partial charge in [0.25, 0.3) is 5.91 Å². The number of hydrogen-bond donors (Lipinski definition) is 0. The first kappa shape index (κ1) is 13.8. The number of carbonyl (C=O) groups excluding carboxylic acids is 2. The van der Waals surface area contributed by atoms with Crippen molar-refractivity contribution in [2.24, 2.45) is 0 Å². The molecule has 0 aromatic heterocycles. The van der Waals surface area contributed by atoms with Crippen LogP contribution in [0.25, 0.3) is 0 Å². The van der Waals surface area contributed by atoms with Crippen molar-refractivity contribution >= 4 is 23.5 Å². The van der Waals surface area contributed by atoms with Gasteiger partial charge in [-0.15, -0.1) is 0 Å². The molecule has 0 N–H and O–H groups in total. The zero-order valence-electron chi connectivity index (χ0n) is 10.4. The molecule has 1 saturated heterocycles. The molecule has 1 atom stereocenters. The van der Waals surface area contributed by atoms with Gasteiger partial charge in [0.1, 0.15) is 11.9 Å². The summed E-state index contributed by atoms with van der Waals surface area (Å²) in [5.41, 5.74) is 0.193. The zero-order valence-corrected chi connectivity index (χ0v) is 11.1. The lowest BCUT2D eigenvalue weighted by Gasteiger charge is -2.23. The molecular weight excluding hydrogens is 273 g/mol. The molecular formula is C13H13ClFNO3. The van der Waals surface area contributed by atoms with Crippen molar-refractivity contribution in [3.8, 4) is 0 Å². The molecule has 0 bridgehead atoms. The average Bonchev–Trinajstić information content (AvgIpc) is 2.86. The molecule has 1 aromatic carbocycles. The number of nitrogens with zero attached hydrogens (tertiary/aromatic N) is 1. The second-order valence-electron chi connectivity index (χ2n) is 4.30. The highest BCUT2D eigenvalue weighted by Gasteiger charge is 2.35. The molecule has 1 heterocycles. The second kappa shape index (κ2) is 5.57. The van der Waals surface area contributed by atoms with Crippen LogP contribution in [-0.2, 0) is 9.53 Å². The third-order valence-corrected chi connectivity index (χ3v) is 3.46. The van der Waals surface area contributed by atoms with Crippen LogP contribution in [0.1, 0.15) is 23.2 Å². The molecule has 2 rings (SSSR count). The Labute approximate surface area is 115 Å². The number of amides is 1. The van der Waals surface area contributed by atoms with Gasteiger partial charge in [0.2, 0.25) is 0 Å². The smallest absolute Gasteiger partial charge is 0.328 e. The van der Waals surface area contributed by atoms with Gasteiger partial charge >= 0.3 is 5.97 Å². The summed E-state index contributed by atoms with van der Waals surface area (Å²) in [7, 11) is 1.29. The Hall–Kier alpha value is -1.62. The van der Waals surface area contributed by atoms with Crippen molar-refractivity contribution in [1.82, 2.24) is 4.90 Å². The Bertz CT molecular complexity index is 521.